The fourth-order valence-electron chi connectivity index (χ4n) is 1.48. The third-order valence-corrected chi connectivity index (χ3v) is 3.07. The lowest BCUT2D eigenvalue weighted by Crippen LogP contribution is -2.03. The lowest BCUT2D eigenvalue weighted by molar-refractivity contribution is 0.500. The second-order valence-electron chi connectivity index (χ2n) is 3.55. The van der Waals surface area contributed by atoms with Crippen LogP contribution in [0.3, 0.4) is 0 Å². The van der Waals surface area contributed by atoms with Crippen molar-refractivity contribution in [1.29, 1.82) is 0 Å². The van der Waals surface area contributed by atoms with Gasteiger partial charge in [-0.05, 0) is 34.1 Å². The molecule has 4 heteroatoms. The first-order valence-corrected chi connectivity index (χ1v) is 5.89. The Morgan fingerprint density at radius 3 is 2.53 bits per heavy atom. The van der Waals surface area contributed by atoms with Gasteiger partial charge < -0.3 is 5.32 Å². The van der Waals surface area contributed by atoms with Gasteiger partial charge in [-0.2, -0.15) is 0 Å². The van der Waals surface area contributed by atoms with Crippen LogP contribution < -0.4 is 5.32 Å². The minimum Gasteiger partial charge on any atom is -0.380 e. The highest BCUT2D eigenvalue weighted by atomic mass is 79.9. The summed E-state index contributed by atoms with van der Waals surface area (Å²) in [5.74, 6) is -1.62. The molecule has 17 heavy (non-hydrogen) atoms. The maximum atomic E-state index is 13.4. The molecule has 0 saturated carbocycles. The molecule has 0 aliphatic carbocycles. The van der Waals surface area contributed by atoms with E-state index in [1.165, 1.54) is 6.07 Å². The van der Waals surface area contributed by atoms with Crippen molar-refractivity contribution in [3.63, 3.8) is 0 Å². The van der Waals surface area contributed by atoms with Crippen LogP contribution in [-0.4, -0.2) is 0 Å². The van der Waals surface area contributed by atoms with E-state index in [0.717, 1.165) is 16.2 Å². The van der Waals surface area contributed by atoms with Crippen molar-refractivity contribution >= 4 is 21.6 Å². The number of hydrogen-bond acceptors (Lipinski definition) is 1. The number of anilines is 1. The van der Waals surface area contributed by atoms with E-state index in [4.69, 9.17) is 0 Å². The molecule has 0 aliphatic rings. The van der Waals surface area contributed by atoms with Crippen LogP contribution >= 0.6 is 15.9 Å². The molecule has 0 aromatic heterocycles. The summed E-state index contributed by atoms with van der Waals surface area (Å²) in [5.41, 5.74) is 1.15. The van der Waals surface area contributed by atoms with Gasteiger partial charge in [0.1, 0.15) is 0 Å². The first kappa shape index (κ1) is 12.0. The molecule has 0 saturated heterocycles. The normalized spacial score (nSPS) is 10.3. The molecule has 1 N–H and O–H groups in total. The topological polar surface area (TPSA) is 12.0 Å². The summed E-state index contributed by atoms with van der Waals surface area (Å²) in [7, 11) is 0. The van der Waals surface area contributed by atoms with Crippen LogP contribution in [0.2, 0.25) is 0 Å². The van der Waals surface area contributed by atoms with Crippen LogP contribution in [0.5, 0.6) is 0 Å². The molecule has 2 aromatic rings. The molecule has 88 valence electrons. The summed E-state index contributed by atoms with van der Waals surface area (Å²) in [5, 5.41) is 3.04. The molecular formula is C13H10BrF2N. The van der Waals surface area contributed by atoms with Crippen LogP contribution in [0.15, 0.2) is 46.9 Å². The van der Waals surface area contributed by atoms with E-state index < -0.39 is 11.6 Å². The smallest absolute Gasteiger partial charge is 0.163 e. The van der Waals surface area contributed by atoms with E-state index in [1.807, 2.05) is 24.3 Å². The first-order chi connectivity index (χ1) is 8.18. The standard InChI is InChI=1S/C13H10BrF2N/c14-10-5-1-2-7-12(10)17-8-9-4-3-6-11(15)13(9)16/h1-7,17H,8H2. The highest BCUT2D eigenvalue weighted by molar-refractivity contribution is 9.10. The van der Waals surface area contributed by atoms with E-state index in [9.17, 15) is 8.78 Å². The van der Waals surface area contributed by atoms with Crippen molar-refractivity contribution < 1.29 is 8.78 Å². The zero-order valence-corrected chi connectivity index (χ0v) is 10.5. The van der Waals surface area contributed by atoms with Crippen LogP contribution in [0.4, 0.5) is 14.5 Å². The second kappa shape index (κ2) is 5.27. The monoisotopic (exact) mass is 297 g/mol. The average Bonchev–Trinajstić information content (AvgIpc) is 2.33. The third kappa shape index (κ3) is 2.82. The Morgan fingerprint density at radius 1 is 1.00 bits per heavy atom. The summed E-state index contributed by atoms with van der Waals surface area (Å²) in [6.45, 7) is 0.242. The predicted octanol–water partition coefficient (Wildman–Crippen LogP) is 4.34. The highest BCUT2D eigenvalue weighted by Crippen LogP contribution is 2.22. The van der Waals surface area contributed by atoms with Gasteiger partial charge in [-0.3, -0.25) is 0 Å². The maximum Gasteiger partial charge on any atom is 0.163 e. The van der Waals surface area contributed by atoms with Crippen molar-refractivity contribution in [1.82, 2.24) is 0 Å². The molecular weight excluding hydrogens is 288 g/mol. The minimum absolute atomic E-state index is 0.242. The summed E-state index contributed by atoms with van der Waals surface area (Å²) in [6, 6.07) is 11.7. The van der Waals surface area contributed by atoms with Gasteiger partial charge in [-0.25, -0.2) is 8.78 Å². The van der Waals surface area contributed by atoms with Crippen LogP contribution in [0.1, 0.15) is 5.56 Å². The molecule has 1 nitrogen and oxygen atoms in total. The average molecular weight is 298 g/mol. The van der Waals surface area contributed by atoms with Crippen molar-refractivity contribution in [3.05, 3.63) is 64.1 Å². The van der Waals surface area contributed by atoms with E-state index in [-0.39, 0.29) is 6.54 Å². The number of halogens is 3. The number of nitrogens with one attached hydrogen (secondary N) is 1. The summed E-state index contributed by atoms with van der Waals surface area (Å²) >= 11 is 3.37. The number of rotatable bonds is 3. The zero-order chi connectivity index (χ0) is 12.3. The lowest BCUT2D eigenvalue weighted by Gasteiger charge is -2.09. The molecule has 0 unspecified atom stereocenters. The fourth-order valence-corrected chi connectivity index (χ4v) is 1.90. The van der Waals surface area contributed by atoms with E-state index in [0.29, 0.717) is 5.56 Å². The number of para-hydroxylation sites is 1. The molecule has 0 radical (unpaired) electrons. The molecule has 0 spiro atoms. The van der Waals surface area contributed by atoms with Gasteiger partial charge in [0.2, 0.25) is 0 Å². The Balaban J connectivity index is 2.13. The van der Waals surface area contributed by atoms with Crippen molar-refractivity contribution in [2.75, 3.05) is 5.32 Å². The largest absolute Gasteiger partial charge is 0.380 e. The molecule has 0 heterocycles. The molecule has 0 aliphatic heterocycles. The molecule has 0 amide bonds. The Morgan fingerprint density at radius 2 is 1.76 bits per heavy atom. The fraction of sp³-hybridized carbons (Fsp3) is 0.0769. The van der Waals surface area contributed by atoms with E-state index >= 15 is 0 Å². The van der Waals surface area contributed by atoms with Gasteiger partial charge in [0.15, 0.2) is 11.6 Å². The van der Waals surface area contributed by atoms with E-state index in [2.05, 4.69) is 21.2 Å². The minimum atomic E-state index is -0.823. The molecule has 0 atom stereocenters. The third-order valence-electron chi connectivity index (χ3n) is 2.37. The molecule has 0 bridgehead atoms. The zero-order valence-electron chi connectivity index (χ0n) is 8.88. The van der Waals surface area contributed by atoms with Gasteiger partial charge in [-0.15, -0.1) is 0 Å². The van der Waals surface area contributed by atoms with Crippen molar-refractivity contribution in [2.24, 2.45) is 0 Å². The van der Waals surface area contributed by atoms with Gasteiger partial charge in [0, 0.05) is 22.3 Å². The Bertz CT molecular complexity index is 529. The molecule has 0 fully saturated rings. The van der Waals surface area contributed by atoms with E-state index in [1.54, 1.807) is 6.07 Å². The van der Waals surface area contributed by atoms with Crippen molar-refractivity contribution in [3.8, 4) is 0 Å². The van der Waals surface area contributed by atoms with Crippen molar-refractivity contribution in [2.45, 2.75) is 6.54 Å². The molecule has 2 rings (SSSR count). The summed E-state index contributed by atoms with van der Waals surface area (Å²) in [4.78, 5) is 0. The Kier molecular flexibility index (Phi) is 3.74. The first-order valence-electron chi connectivity index (χ1n) is 5.10. The Labute approximate surface area is 107 Å². The quantitative estimate of drug-likeness (QED) is 0.889. The predicted molar refractivity (Wildman–Crippen MR) is 67.8 cm³/mol. The SMILES string of the molecule is Fc1cccc(CNc2ccccc2Br)c1F. The van der Waals surface area contributed by atoms with Gasteiger partial charge in [0.25, 0.3) is 0 Å². The highest BCUT2D eigenvalue weighted by Gasteiger charge is 2.07. The summed E-state index contributed by atoms with van der Waals surface area (Å²) < 4.78 is 27.2. The van der Waals surface area contributed by atoms with Crippen LogP contribution in [-0.2, 0) is 6.54 Å². The van der Waals surface area contributed by atoms with Gasteiger partial charge in [0.05, 0.1) is 0 Å². The number of benzene rings is 2. The Hall–Kier alpha value is -1.42. The van der Waals surface area contributed by atoms with Crippen LogP contribution in [0.25, 0.3) is 0 Å². The maximum absolute atomic E-state index is 13.4. The second-order valence-corrected chi connectivity index (χ2v) is 4.40. The van der Waals surface area contributed by atoms with Crippen LogP contribution in [0, 0.1) is 11.6 Å². The molecule has 2 aromatic carbocycles. The van der Waals surface area contributed by atoms with Gasteiger partial charge >= 0.3 is 0 Å². The van der Waals surface area contributed by atoms with Gasteiger partial charge in [-0.1, -0.05) is 24.3 Å². The number of hydrogen-bond donors (Lipinski definition) is 1. The summed E-state index contributed by atoms with van der Waals surface area (Å²) in [6.07, 6.45) is 0. The lowest BCUT2D eigenvalue weighted by atomic mass is 10.2.